The zero-order valence-electron chi connectivity index (χ0n) is 18.0. The second-order valence-electron chi connectivity index (χ2n) is 7.86. The molecule has 0 aliphatic carbocycles. The van der Waals surface area contributed by atoms with Gasteiger partial charge in [-0.2, -0.15) is 30.0 Å². The van der Waals surface area contributed by atoms with Crippen LogP contribution in [0.25, 0.3) is 11.4 Å². The Kier molecular flexibility index (Phi) is 5.89. The molecule has 0 saturated carbocycles. The van der Waals surface area contributed by atoms with Crippen molar-refractivity contribution in [3.8, 4) is 11.4 Å². The standard InChI is InChI=1S/C23H22ClN7O2/c1-16-2-5-22(31-27-8-9-28-31)20(12-16)23(32)29-10-11-33-15-19(29)14-17-13-18(3-4-21(17)24)30-25-6-7-26-30/h2-9,12-13,19H,10-11,14-15H2,1H3. The third-order valence-electron chi connectivity index (χ3n) is 5.64. The number of nitrogens with zero attached hydrogens (tertiary/aromatic N) is 7. The van der Waals surface area contributed by atoms with Gasteiger partial charge in [-0.15, -0.1) is 0 Å². The summed E-state index contributed by atoms with van der Waals surface area (Å²) < 4.78 is 5.74. The fraction of sp³-hybridized carbons (Fsp3) is 0.261. The van der Waals surface area contributed by atoms with Crippen molar-refractivity contribution in [2.75, 3.05) is 19.8 Å². The van der Waals surface area contributed by atoms with Gasteiger partial charge in [0, 0.05) is 11.6 Å². The number of rotatable bonds is 5. The Morgan fingerprint density at radius 2 is 1.76 bits per heavy atom. The van der Waals surface area contributed by atoms with E-state index < -0.39 is 0 Å². The van der Waals surface area contributed by atoms with Gasteiger partial charge in [-0.25, -0.2) is 0 Å². The van der Waals surface area contributed by atoms with Crippen molar-refractivity contribution in [3.05, 3.63) is 82.9 Å². The van der Waals surface area contributed by atoms with Crippen molar-refractivity contribution in [1.82, 2.24) is 34.9 Å². The van der Waals surface area contributed by atoms with E-state index in [1.807, 2.05) is 48.2 Å². The van der Waals surface area contributed by atoms with Crippen LogP contribution in [0.2, 0.25) is 5.02 Å². The molecule has 4 aromatic rings. The Labute approximate surface area is 195 Å². The lowest BCUT2D eigenvalue weighted by atomic mass is 10.0. The van der Waals surface area contributed by atoms with Gasteiger partial charge in [0.05, 0.1) is 61.0 Å². The molecular formula is C23H22ClN7O2. The molecule has 1 saturated heterocycles. The second-order valence-corrected chi connectivity index (χ2v) is 8.27. The monoisotopic (exact) mass is 463 g/mol. The van der Waals surface area contributed by atoms with Gasteiger partial charge in [-0.05, 0) is 49.2 Å². The molecule has 0 bridgehead atoms. The highest BCUT2D eigenvalue weighted by atomic mass is 35.5. The Balaban J connectivity index is 1.46. The Morgan fingerprint density at radius 3 is 2.52 bits per heavy atom. The summed E-state index contributed by atoms with van der Waals surface area (Å²) in [5.74, 6) is -0.0830. The molecule has 9 nitrogen and oxygen atoms in total. The minimum absolute atomic E-state index is 0.0830. The highest BCUT2D eigenvalue weighted by molar-refractivity contribution is 6.31. The van der Waals surface area contributed by atoms with Gasteiger partial charge in [0.25, 0.3) is 5.91 Å². The van der Waals surface area contributed by atoms with Gasteiger partial charge in [0.1, 0.15) is 0 Å². The largest absolute Gasteiger partial charge is 0.377 e. The van der Waals surface area contributed by atoms with Crippen molar-refractivity contribution in [2.24, 2.45) is 0 Å². The zero-order chi connectivity index (χ0) is 22.8. The molecule has 3 heterocycles. The summed E-state index contributed by atoms with van der Waals surface area (Å²) in [5, 5.41) is 17.4. The third-order valence-corrected chi connectivity index (χ3v) is 6.01. The molecule has 1 amide bonds. The van der Waals surface area contributed by atoms with Gasteiger partial charge in [-0.1, -0.05) is 23.2 Å². The summed E-state index contributed by atoms with van der Waals surface area (Å²) in [5.41, 5.74) is 3.89. The molecule has 1 aliphatic heterocycles. The minimum Gasteiger partial charge on any atom is -0.377 e. The van der Waals surface area contributed by atoms with E-state index in [2.05, 4.69) is 20.4 Å². The van der Waals surface area contributed by atoms with E-state index in [1.165, 1.54) is 9.59 Å². The number of morpholine rings is 1. The highest BCUT2D eigenvalue weighted by Gasteiger charge is 2.30. The fourth-order valence-corrected chi connectivity index (χ4v) is 4.22. The van der Waals surface area contributed by atoms with Crippen LogP contribution < -0.4 is 0 Å². The molecule has 5 rings (SSSR count). The Hall–Kier alpha value is -3.56. The van der Waals surface area contributed by atoms with Gasteiger partial charge in [0.2, 0.25) is 0 Å². The minimum atomic E-state index is -0.177. The molecule has 33 heavy (non-hydrogen) atoms. The van der Waals surface area contributed by atoms with Gasteiger partial charge >= 0.3 is 0 Å². The number of ether oxygens (including phenoxy) is 1. The predicted octanol–water partition coefficient (Wildman–Crippen LogP) is 2.89. The Morgan fingerprint density at radius 1 is 1.03 bits per heavy atom. The smallest absolute Gasteiger partial charge is 0.256 e. The topological polar surface area (TPSA) is 91.0 Å². The first-order valence-electron chi connectivity index (χ1n) is 10.6. The summed E-state index contributed by atoms with van der Waals surface area (Å²) in [6.07, 6.45) is 6.97. The van der Waals surface area contributed by atoms with E-state index in [9.17, 15) is 4.79 Å². The molecule has 1 aliphatic rings. The van der Waals surface area contributed by atoms with Crippen LogP contribution in [-0.2, 0) is 11.2 Å². The lowest BCUT2D eigenvalue weighted by Crippen LogP contribution is -2.50. The Bertz CT molecular complexity index is 1260. The highest BCUT2D eigenvalue weighted by Crippen LogP contribution is 2.25. The number of aryl methyl sites for hydroxylation is 1. The number of carbonyl (C=O) groups is 1. The van der Waals surface area contributed by atoms with Crippen LogP contribution in [0, 0.1) is 6.92 Å². The van der Waals surface area contributed by atoms with Gasteiger partial charge in [-0.3, -0.25) is 4.79 Å². The summed E-state index contributed by atoms with van der Waals surface area (Å²) in [7, 11) is 0. The van der Waals surface area contributed by atoms with E-state index in [0.717, 1.165) is 16.8 Å². The summed E-state index contributed by atoms with van der Waals surface area (Å²) >= 11 is 6.52. The van der Waals surface area contributed by atoms with Crippen molar-refractivity contribution in [1.29, 1.82) is 0 Å². The number of carbonyl (C=O) groups excluding carboxylic acids is 1. The lowest BCUT2D eigenvalue weighted by Gasteiger charge is -2.36. The van der Waals surface area contributed by atoms with E-state index >= 15 is 0 Å². The maximum atomic E-state index is 13.8. The summed E-state index contributed by atoms with van der Waals surface area (Å²) in [6.45, 7) is 3.35. The predicted molar refractivity (Wildman–Crippen MR) is 122 cm³/mol. The molecule has 0 radical (unpaired) electrons. The van der Waals surface area contributed by atoms with E-state index in [1.54, 1.807) is 24.8 Å². The van der Waals surface area contributed by atoms with Crippen LogP contribution in [0.3, 0.4) is 0 Å². The van der Waals surface area contributed by atoms with Crippen LogP contribution in [0.15, 0.2) is 61.2 Å². The van der Waals surface area contributed by atoms with Crippen LogP contribution in [0.1, 0.15) is 21.5 Å². The number of hydrogen-bond acceptors (Lipinski definition) is 6. The molecule has 2 aromatic carbocycles. The molecule has 2 aromatic heterocycles. The lowest BCUT2D eigenvalue weighted by molar-refractivity contribution is -0.00165. The number of benzene rings is 2. The maximum absolute atomic E-state index is 13.8. The normalized spacial score (nSPS) is 16.2. The molecule has 1 atom stereocenters. The van der Waals surface area contributed by atoms with Gasteiger partial charge in [0.15, 0.2) is 0 Å². The molecular weight excluding hydrogens is 442 g/mol. The molecule has 10 heteroatoms. The summed E-state index contributed by atoms with van der Waals surface area (Å²) in [6, 6.07) is 11.2. The SMILES string of the molecule is Cc1ccc(-n2nccn2)c(C(=O)N2CCOCC2Cc2cc(-n3nccn3)ccc2Cl)c1. The first-order chi connectivity index (χ1) is 16.1. The number of halogens is 1. The quantitative estimate of drug-likeness (QED) is 0.452. The van der Waals surface area contributed by atoms with E-state index in [4.69, 9.17) is 16.3 Å². The third kappa shape index (κ3) is 4.37. The summed E-state index contributed by atoms with van der Waals surface area (Å²) in [4.78, 5) is 18.6. The zero-order valence-corrected chi connectivity index (χ0v) is 18.8. The molecule has 1 fully saturated rings. The van der Waals surface area contributed by atoms with Crippen molar-refractivity contribution < 1.29 is 9.53 Å². The second kappa shape index (κ2) is 9.13. The molecule has 1 unspecified atom stereocenters. The van der Waals surface area contributed by atoms with E-state index in [0.29, 0.717) is 42.5 Å². The number of hydrogen-bond donors (Lipinski definition) is 0. The van der Waals surface area contributed by atoms with Crippen LogP contribution in [0.5, 0.6) is 0 Å². The van der Waals surface area contributed by atoms with Crippen molar-refractivity contribution in [2.45, 2.75) is 19.4 Å². The van der Waals surface area contributed by atoms with Crippen molar-refractivity contribution >= 4 is 17.5 Å². The molecule has 168 valence electrons. The number of aromatic nitrogens is 6. The van der Waals surface area contributed by atoms with Crippen LogP contribution in [0.4, 0.5) is 0 Å². The first kappa shape index (κ1) is 21.3. The van der Waals surface area contributed by atoms with Crippen LogP contribution >= 0.6 is 11.6 Å². The van der Waals surface area contributed by atoms with Crippen LogP contribution in [-0.4, -0.2) is 66.6 Å². The van der Waals surface area contributed by atoms with Gasteiger partial charge < -0.3 is 9.64 Å². The molecule has 0 spiro atoms. The number of amides is 1. The first-order valence-corrected chi connectivity index (χ1v) is 11.0. The average Bonchev–Trinajstić information content (AvgIpc) is 3.55. The molecule has 0 N–H and O–H groups in total. The maximum Gasteiger partial charge on any atom is 0.256 e. The van der Waals surface area contributed by atoms with E-state index in [-0.39, 0.29) is 11.9 Å². The fourth-order valence-electron chi connectivity index (χ4n) is 4.03. The average molecular weight is 464 g/mol. The van der Waals surface area contributed by atoms with Crippen molar-refractivity contribution in [3.63, 3.8) is 0 Å².